The fourth-order valence-corrected chi connectivity index (χ4v) is 5.53. The molecule has 17 heteroatoms. The molecule has 222 valence electrons. The number of rotatable bonds is 8. The minimum absolute atomic E-state index is 0.00107. The van der Waals surface area contributed by atoms with Crippen LogP contribution in [0.15, 0.2) is 47.8 Å². The maximum atomic E-state index is 13.1. The van der Waals surface area contributed by atoms with Crippen molar-refractivity contribution in [1.82, 2.24) is 15.0 Å². The van der Waals surface area contributed by atoms with Crippen LogP contribution in [0.2, 0.25) is 10.0 Å². The summed E-state index contributed by atoms with van der Waals surface area (Å²) in [6.45, 7) is 3.64. The molecule has 1 unspecified atom stereocenters. The Morgan fingerprint density at radius 3 is 2.33 bits per heavy atom. The predicted octanol–water partition coefficient (Wildman–Crippen LogP) is 8.77. The van der Waals surface area contributed by atoms with Crippen molar-refractivity contribution < 1.29 is 31.1 Å². The van der Waals surface area contributed by atoms with Gasteiger partial charge in [-0.05, 0) is 38.1 Å². The average Bonchev–Trinajstić information content (AvgIpc) is 3.58. The van der Waals surface area contributed by atoms with Crippen molar-refractivity contribution in [2.24, 2.45) is 4.99 Å². The van der Waals surface area contributed by atoms with Gasteiger partial charge in [0.15, 0.2) is 0 Å². The van der Waals surface area contributed by atoms with E-state index in [1.54, 1.807) is 20.0 Å². The minimum Gasteiger partial charge on any atom is -0.365 e. The summed E-state index contributed by atoms with van der Waals surface area (Å²) in [5.74, 6) is -0.641. The lowest BCUT2D eigenvalue weighted by Gasteiger charge is -2.11. The van der Waals surface area contributed by atoms with Crippen molar-refractivity contribution in [3.05, 3.63) is 83.8 Å². The molecule has 42 heavy (non-hydrogen) atoms. The van der Waals surface area contributed by atoms with Crippen molar-refractivity contribution in [2.45, 2.75) is 38.8 Å². The Labute approximate surface area is 252 Å². The van der Waals surface area contributed by atoms with Crippen molar-refractivity contribution in [2.75, 3.05) is 10.6 Å². The molecular weight excluding hydrogens is 649 g/mol. The summed E-state index contributed by atoms with van der Waals surface area (Å²) in [6, 6.07) is 3.42. The molecule has 1 amide bonds. The van der Waals surface area contributed by atoms with Crippen LogP contribution in [0.5, 0.6) is 0 Å². The number of hydrogen-bond acceptors (Lipinski definition) is 8. The molecule has 7 nitrogen and oxygen atoms in total. The Morgan fingerprint density at radius 2 is 1.64 bits per heavy atom. The number of halogens is 8. The van der Waals surface area contributed by atoms with E-state index in [0.29, 0.717) is 20.6 Å². The Bertz CT molecular complexity index is 1640. The van der Waals surface area contributed by atoms with Crippen LogP contribution < -0.4 is 10.6 Å². The van der Waals surface area contributed by atoms with Crippen LogP contribution in [0.25, 0.3) is 0 Å². The van der Waals surface area contributed by atoms with E-state index in [4.69, 9.17) is 23.2 Å². The summed E-state index contributed by atoms with van der Waals surface area (Å²) in [7, 11) is 0. The molecule has 0 aliphatic carbocycles. The number of pyridine rings is 1. The second-order valence-corrected chi connectivity index (χ2v) is 11.6. The topological polar surface area (TPSA) is 92.2 Å². The zero-order valence-corrected chi connectivity index (χ0v) is 24.5. The van der Waals surface area contributed by atoms with Gasteiger partial charge in [-0.15, -0.1) is 22.7 Å². The van der Waals surface area contributed by atoms with Gasteiger partial charge in [-0.1, -0.05) is 23.2 Å². The Balaban J connectivity index is 1.39. The second-order valence-electron chi connectivity index (χ2n) is 8.63. The van der Waals surface area contributed by atoms with Gasteiger partial charge < -0.3 is 10.6 Å². The molecule has 0 radical (unpaired) electrons. The number of aromatic nitrogens is 3. The number of thiazole rings is 2. The first-order valence-corrected chi connectivity index (χ1v) is 14.1. The van der Waals surface area contributed by atoms with E-state index in [1.807, 2.05) is 0 Å². The third-order valence-corrected chi connectivity index (χ3v) is 8.39. The number of hydrogen-bond donors (Lipinski definition) is 2. The van der Waals surface area contributed by atoms with E-state index >= 15 is 0 Å². The van der Waals surface area contributed by atoms with E-state index in [1.165, 1.54) is 23.6 Å². The molecule has 0 spiro atoms. The van der Waals surface area contributed by atoms with Gasteiger partial charge in [-0.3, -0.25) is 9.79 Å². The molecule has 3 aromatic heterocycles. The highest BCUT2D eigenvalue weighted by Crippen LogP contribution is 2.37. The van der Waals surface area contributed by atoms with Crippen LogP contribution in [0.1, 0.15) is 55.6 Å². The highest BCUT2D eigenvalue weighted by molar-refractivity contribution is 7.14. The highest BCUT2D eigenvalue weighted by atomic mass is 35.5. The normalized spacial score (nSPS) is 13.2. The summed E-state index contributed by atoms with van der Waals surface area (Å²) in [5.41, 5.74) is -1.57. The van der Waals surface area contributed by atoms with Crippen LogP contribution in [0.4, 0.5) is 37.8 Å². The molecule has 0 bridgehead atoms. The monoisotopic (exact) mass is 666 g/mol. The first-order chi connectivity index (χ1) is 19.6. The number of carbonyl (C=O) groups excluding carboxylic acids is 1. The third-order valence-electron chi connectivity index (χ3n) is 5.49. The summed E-state index contributed by atoms with van der Waals surface area (Å²) >= 11 is 13.5. The minimum atomic E-state index is -4.68. The Hall–Kier alpha value is -3.27. The molecule has 2 N–H and O–H groups in total. The molecule has 0 aliphatic rings. The number of benzene rings is 1. The maximum Gasteiger partial charge on any atom is 0.418 e. The molecule has 4 aromatic rings. The number of nitrogens with zero attached hydrogens (tertiary/aromatic N) is 4. The maximum absolute atomic E-state index is 13.1. The molecule has 3 heterocycles. The number of aliphatic imine (C=N–C) groups is 1. The SMILES string of the molecule is C/C(=N\C(C)c1ncc(C(=O)Nc2ccc(Cl)c(C(F)(F)F)c2)s1)c1ncc(CNc2cc(C(F)(F)F)c(Cl)cn2)s1. The first kappa shape index (κ1) is 31.7. The Kier molecular flexibility index (Phi) is 9.45. The first-order valence-electron chi connectivity index (χ1n) is 11.7. The number of carbonyl (C=O) groups is 1. The fourth-order valence-electron chi connectivity index (χ4n) is 3.49. The molecule has 0 saturated heterocycles. The number of nitrogens with one attached hydrogen (secondary N) is 2. The smallest absolute Gasteiger partial charge is 0.365 e. The lowest BCUT2D eigenvalue weighted by atomic mass is 10.2. The summed E-state index contributed by atoms with van der Waals surface area (Å²) in [4.78, 5) is 30.5. The molecule has 0 saturated carbocycles. The van der Waals surface area contributed by atoms with Crippen LogP contribution >= 0.6 is 45.9 Å². The van der Waals surface area contributed by atoms with Crippen LogP contribution in [-0.4, -0.2) is 26.6 Å². The highest BCUT2D eigenvalue weighted by Gasteiger charge is 2.34. The number of anilines is 2. The fraction of sp³-hybridized carbons (Fsp3) is 0.240. The van der Waals surface area contributed by atoms with E-state index in [-0.39, 0.29) is 22.9 Å². The lowest BCUT2D eigenvalue weighted by molar-refractivity contribution is -0.138. The van der Waals surface area contributed by atoms with Crippen LogP contribution in [0, 0.1) is 0 Å². The molecule has 0 fully saturated rings. The van der Waals surface area contributed by atoms with Gasteiger partial charge in [0.2, 0.25) is 0 Å². The lowest BCUT2D eigenvalue weighted by Crippen LogP contribution is -2.12. The van der Waals surface area contributed by atoms with Gasteiger partial charge in [0.25, 0.3) is 5.91 Å². The van der Waals surface area contributed by atoms with Gasteiger partial charge in [0.05, 0.1) is 45.7 Å². The third kappa shape index (κ3) is 7.76. The van der Waals surface area contributed by atoms with Crippen molar-refractivity contribution in [3.63, 3.8) is 0 Å². The van der Waals surface area contributed by atoms with Gasteiger partial charge in [0, 0.05) is 23.0 Å². The van der Waals surface area contributed by atoms with Crippen molar-refractivity contribution >= 4 is 69.0 Å². The quantitative estimate of drug-likeness (QED) is 0.145. The predicted molar refractivity (Wildman–Crippen MR) is 151 cm³/mol. The van der Waals surface area contributed by atoms with Crippen LogP contribution in [0.3, 0.4) is 0 Å². The summed E-state index contributed by atoms with van der Waals surface area (Å²) in [6.07, 6.45) is -5.50. The van der Waals surface area contributed by atoms with Gasteiger partial charge in [-0.25, -0.2) is 15.0 Å². The zero-order valence-electron chi connectivity index (χ0n) is 21.4. The average molecular weight is 667 g/mol. The largest absolute Gasteiger partial charge is 0.418 e. The molecule has 4 rings (SSSR count). The molecule has 1 atom stereocenters. The molecule has 1 aromatic carbocycles. The van der Waals surface area contributed by atoms with Crippen molar-refractivity contribution in [3.8, 4) is 0 Å². The summed E-state index contributed by atoms with van der Waals surface area (Å²) < 4.78 is 78.6. The van der Waals surface area contributed by atoms with E-state index in [2.05, 4.69) is 30.6 Å². The summed E-state index contributed by atoms with van der Waals surface area (Å²) in [5, 5.41) is 5.30. The van der Waals surface area contributed by atoms with Gasteiger partial charge in [0.1, 0.15) is 20.7 Å². The van der Waals surface area contributed by atoms with E-state index < -0.39 is 45.5 Å². The van der Waals surface area contributed by atoms with Crippen molar-refractivity contribution in [1.29, 1.82) is 0 Å². The van der Waals surface area contributed by atoms with E-state index in [9.17, 15) is 31.1 Å². The molecular formula is C25H18Cl2F6N6OS2. The number of alkyl halides is 6. The molecule has 0 aliphatic heterocycles. The zero-order chi connectivity index (χ0) is 30.8. The number of amides is 1. The Morgan fingerprint density at radius 1 is 0.952 bits per heavy atom. The van der Waals surface area contributed by atoms with Gasteiger partial charge in [-0.2, -0.15) is 26.3 Å². The van der Waals surface area contributed by atoms with Gasteiger partial charge >= 0.3 is 12.4 Å². The van der Waals surface area contributed by atoms with Crippen LogP contribution in [-0.2, 0) is 18.9 Å². The standard InChI is InChI=1S/C25H18Cl2F6N6OS2/c1-11(22-36-8-14(41-22)7-34-20-6-16(25(31,32)33)18(27)9-35-20)38-12(2)23-37-10-19(42-23)21(40)39-13-3-4-17(26)15(5-13)24(28,29)30/h3-6,8-10,12H,7H2,1-2H3,(H,34,35)(H,39,40)/b38-11+. The van der Waals surface area contributed by atoms with E-state index in [0.717, 1.165) is 35.7 Å². The second kappa shape index (κ2) is 12.5.